The fraction of sp³-hybridized carbons (Fsp3) is 0. The average molecular weight is 255 g/mol. The van der Waals surface area contributed by atoms with Crippen LogP contribution in [0.3, 0.4) is 0 Å². The van der Waals surface area contributed by atoms with Crippen LogP contribution in [0.25, 0.3) is 0 Å². The van der Waals surface area contributed by atoms with Crippen LogP contribution < -0.4 is 10.7 Å². The molecule has 0 spiro atoms. The lowest BCUT2D eigenvalue weighted by atomic mass is 10.4. The maximum atomic E-state index is 5.63. The molecule has 1 aromatic rings. The third-order valence-corrected chi connectivity index (χ3v) is 2.19. The molecule has 1 heterocycles. The summed E-state index contributed by atoms with van der Waals surface area (Å²) in [4.78, 5) is 2.78. The standard InChI is InChI=1S/C5H4ClIN2/c6-5-4(8)3(7)1-2-9-5/h1-2H,8H2/p+1. The highest BCUT2D eigenvalue weighted by atomic mass is 127. The Morgan fingerprint density at radius 1 is 1.67 bits per heavy atom. The molecule has 0 fully saturated rings. The van der Waals surface area contributed by atoms with Gasteiger partial charge in [-0.15, -0.1) is 0 Å². The van der Waals surface area contributed by atoms with Gasteiger partial charge in [0.15, 0.2) is 6.20 Å². The maximum absolute atomic E-state index is 5.63. The van der Waals surface area contributed by atoms with Crippen molar-refractivity contribution in [2.24, 2.45) is 0 Å². The Kier molecular flexibility index (Phi) is 2.13. The van der Waals surface area contributed by atoms with Crippen LogP contribution in [0.1, 0.15) is 0 Å². The molecule has 0 bridgehead atoms. The minimum Gasteiger partial charge on any atom is -0.392 e. The lowest BCUT2D eigenvalue weighted by molar-refractivity contribution is -0.374. The zero-order valence-corrected chi connectivity index (χ0v) is 7.40. The van der Waals surface area contributed by atoms with Crippen LogP contribution in [-0.2, 0) is 0 Å². The van der Waals surface area contributed by atoms with Gasteiger partial charge in [-0.3, -0.25) is 0 Å². The van der Waals surface area contributed by atoms with Crippen molar-refractivity contribution < 1.29 is 4.98 Å². The molecule has 0 atom stereocenters. The van der Waals surface area contributed by atoms with E-state index in [-0.39, 0.29) is 0 Å². The third-order valence-electron chi connectivity index (χ3n) is 0.933. The number of pyridine rings is 1. The Hall–Kier alpha value is -0.0300. The molecule has 0 unspecified atom stereocenters. The molecule has 0 radical (unpaired) electrons. The summed E-state index contributed by atoms with van der Waals surface area (Å²) in [5, 5.41) is 0.502. The minimum atomic E-state index is 0.502. The SMILES string of the molecule is Nc1c(I)cc[nH+]c1Cl. The van der Waals surface area contributed by atoms with Crippen LogP contribution in [0, 0.1) is 3.57 Å². The molecule has 0 saturated carbocycles. The second-order valence-electron chi connectivity index (χ2n) is 1.55. The second-order valence-corrected chi connectivity index (χ2v) is 3.09. The third kappa shape index (κ3) is 1.46. The van der Waals surface area contributed by atoms with E-state index in [1.165, 1.54) is 0 Å². The first-order valence-electron chi connectivity index (χ1n) is 2.33. The van der Waals surface area contributed by atoms with Crippen molar-refractivity contribution in [2.45, 2.75) is 0 Å². The average Bonchev–Trinajstić information content (AvgIpc) is 1.83. The molecular weight excluding hydrogens is 250 g/mol. The van der Waals surface area contributed by atoms with Crippen LogP contribution >= 0.6 is 34.2 Å². The van der Waals surface area contributed by atoms with Gasteiger partial charge in [-0.2, -0.15) is 4.98 Å². The molecule has 0 aliphatic rings. The summed E-state index contributed by atoms with van der Waals surface area (Å²) in [6.45, 7) is 0. The van der Waals surface area contributed by atoms with Gasteiger partial charge >= 0.3 is 0 Å². The van der Waals surface area contributed by atoms with Gasteiger partial charge in [0.1, 0.15) is 5.69 Å². The quantitative estimate of drug-likeness (QED) is 0.551. The van der Waals surface area contributed by atoms with Crippen molar-refractivity contribution in [3.63, 3.8) is 0 Å². The molecule has 2 nitrogen and oxygen atoms in total. The number of halogens is 2. The van der Waals surface area contributed by atoms with Crippen molar-refractivity contribution in [2.75, 3.05) is 5.73 Å². The van der Waals surface area contributed by atoms with Gasteiger partial charge in [-0.1, -0.05) is 0 Å². The number of rotatable bonds is 0. The van der Waals surface area contributed by atoms with E-state index in [4.69, 9.17) is 17.3 Å². The van der Waals surface area contributed by atoms with Crippen LogP contribution in [0.15, 0.2) is 12.3 Å². The smallest absolute Gasteiger partial charge is 0.297 e. The van der Waals surface area contributed by atoms with Gasteiger partial charge in [-0.05, 0) is 34.2 Å². The maximum Gasteiger partial charge on any atom is 0.297 e. The molecule has 9 heavy (non-hydrogen) atoms. The van der Waals surface area contributed by atoms with Gasteiger partial charge in [0.05, 0.1) is 0 Å². The topological polar surface area (TPSA) is 40.2 Å². The van der Waals surface area contributed by atoms with Crippen LogP contribution in [0.4, 0.5) is 5.69 Å². The highest BCUT2D eigenvalue weighted by Gasteiger charge is 2.04. The number of nitrogens with one attached hydrogen (secondary N) is 1. The van der Waals surface area contributed by atoms with E-state index >= 15 is 0 Å². The summed E-state index contributed by atoms with van der Waals surface area (Å²) < 4.78 is 0.969. The molecular formula is C5H5ClIN2+. The first kappa shape index (κ1) is 7.08. The lowest BCUT2D eigenvalue weighted by Crippen LogP contribution is -2.06. The van der Waals surface area contributed by atoms with E-state index in [1.807, 2.05) is 6.07 Å². The van der Waals surface area contributed by atoms with Crippen molar-refractivity contribution in [3.8, 4) is 0 Å². The number of aromatic amines is 1. The van der Waals surface area contributed by atoms with E-state index in [0.717, 1.165) is 3.57 Å². The largest absolute Gasteiger partial charge is 0.392 e. The fourth-order valence-electron chi connectivity index (χ4n) is 0.460. The Morgan fingerprint density at radius 2 is 2.33 bits per heavy atom. The van der Waals surface area contributed by atoms with Gasteiger partial charge < -0.3 is 5.73 Å². The highest BCUT2D eigenvalue weighted by molar-refractivity contribution is 14.1. The van der Waals surface area contributed by atoms with E-state index in [9.17, 15) is 0 Å². The van der Waals surface area contributed by atoms with Crippen molar-refractivity contribution in [1.82, 2.24) is 0 Å². The lowest BCUT2D eigenvalue weighted by Gasteiger charge is -1.90. The first-order valence-corrected chi connectivity index (χ1v) is 3.78. The van der Waals surface area contributed by atoms with E-state index < -0.39 is 0 Å². The van der Waals surface area contributed by atoms with Crippen LogP contribution in [-0.4, -0.2) is 0 Å². The predicted octanol–water partition coefficient (Wildman–Crippen LogP) is 1.34. The Balaban J connectivity index is 3.25. The summed E-state index contributed by atoms with van der Waals surface area (Å²) in [7, 11) is 0. The van der Waals surface area contributed by atoms with E-state index in [2.05, 4.69) is 27.6 Å². The van der Waals surface area contributed by atoms with Gasteiger partial charge in [0, 0.05) is 9.64 Å². The molecule has 1 aromatic heterocycles. The number of anilines is 1. The first-order chi connectivity index (χ1) is 4.22. The summed E-state index contributed by atoms with van der Waals surface area (Å²) >= 11 is 7.75. The number of nitrogen functional groups attached to an aromatic ring is 1. The normalized spacial score (nSPS) is 9.56. The monoisotopic (exact) mass is 255 g/mol. The summed E-state index contributed by atoms with van der Waals surface area (Å²) in [6.07, 6.45) is 1.75. The Bertz CT molecular complexity index is 206. The molecule has 0 saturated heterocycles. The number of hydrogen-bond acceptors (Lipinski definition) is 1. The molecule has 1 rings (SSSR count). The molecule has 3 N–H and O–H groups in total. The van der Waals surface area contributed by atoms with Gasteiger partial charge in [-0.25, -0.2) is 0 Å². The molecule has 0 aliphatic heterocycles. The molecule has 0 aliphatic carbocycles. The Labute approximate surface area is 71.6 Å². The summed E-state index contributed by atoms with van der Waals surface area (Å²) in [5.74, 6) is 0. The number of hydrogen-bond donors (Lipinski definition) is 1. The van der Waals surface area contributed by atoms with Crippen molar-refractivity contribution in [3.05, 3.63) is 21.0 Å². The van der Waals surface area contributed by atoms with Gasteiger partial charge in [0.25, 0.3) is 5.15 Å². The van der Waals surface area contributed by atoms with E-state index in [0.29, 0.717) is 10.8 Å². The molecule has 4 heteroatoms. The summed E-state index contributed by atoms with van der Waals surface area (Å²) in [6, 6.07) is 1.86. The number of H-pyrrole nitrogens is 1. The fourth-order valence-corrected chi connectivity index (χ4v) is 1.23. The molecule has 48 valence electrons. The van der Waals surface area contributed by atoms with Crippen LogP contribution in [0.2, 0.25) is 5.15 Å². The molecule has 0 amide bonds. The Morgan fingerprint density at radius 3 is 2.78 bits per heavy atom. The van der Waals surface area contributed by atoms with E-state index in [1.54, 1.807) is 6.20 Å². The zero-order chi connectivity index (χ0) is 6.85. The van der Waals surface area contributed by atoms with Gasteiger partial charge in [0.2, 0.25) is 0 Å². The zero-order valence-electron chi connectivity index (χ0n) is 4.49. The van der Waals surface area contributed by atoms with Crippen molar-refractivity contribution >= 4 is 39.9 Å². The summed E-state index contributed by atoms with van der Waals surface area (Å²) in [5.41, 5.74) is 6.12. The van der Waals surface area contributed by atoms with Crippen LogP contribution in [0.5, 0.6) is 0 Å². The second kappa shape index (κ2) is 2.70. The van der Waals surface area contributed by atoms with Crippen molar-refractivity contribution in [1.29, 1.82) is 0 Å². The highest BCUT2D eigenvalue weighted by Crippen LogP contribution is 2.17. The molecule has 0 aromatic carbocycles. The number of nitrogens with two attached hydrogens (primary N) is 1. The minimum absolute atomic E-state index is 0.502. The predicted molar refractivity (Wildman–Crippen MR) is 45.1 cm³/mol. The number of aromatic nitrogens is 1.